The summed E-state index contributed by atoms with van der Waals surface area (Å²) in [4.78, 5) is 34.0. The van der Waals surface area contributed by atoms with Crippen LogP contribution in [-0.2, 0) is 14.4 Å². The lowest BCUT2D eigenvalue weighted by molar-refractivity contribution is -0.130. The number of carbonyl (C=O) groups is 3. The van der Waals surface area contributed by atoms with Crippen LogP contribution in [0.2, 0.25) is 0 Å². The van der Waals surface area contributed by atoms with Gasteiger partial charge in [0.1, 0.15) is 12.1 Å². The Bertz CT molecular complexity index is 330. The molecule has 96 valence electrons. The molecule has 0 aromatic heterocycles. The van der Waals surface area contributed by atoms with Crippen molar-refractivity contribution >= 4 is 17.7 Å². The van der Waals surface area contributed by atoms with E-state index in [1.807, 2.05) is 13.8 Å². The van der Waals surface area contributed by atoms with Gasteiger partial charge < -0.3 is 16.4 Å². The summed E-state index contributed by atoms with van der Waals surface area (Å²) in [7, 11) is 0. The van der Waals surface area contributed by atoms with Crippen LogP contribution in [0.3, 0.4) is 0 Å². The van der Waals surface area contributed by atoms with Crippen molar-refractivity contribution < 1.29 is 14.4 Å². The zero-order valence-corrected chi connectivity index (χ0v) is 10.2. The fourth-order valence-corrected chi connectivity index (χ4v) is 1.79. The van der Waals surface area contributed by atoms with Crippen molar-refractivity contribution in [3.63, 3.8) is 0 Å². The molecule has 6 heteroatoms. The lowest BCUT2D eigenvalue weighted by Gasteiger charge is -2.22. The maximum atomic E-state index is 11.8. The second kappa shape index (κ2) is 5.65. The minimum absolute atomic E-state index is 0.0199. The van der Waals surface area contributed by atoms with Crippen LogP contribution in [-0.4, -0.2) is 29.8 Å². The van der Waals surface area contributed by atoms with E-state index in [1.54, 1.807) is 0 Å². The van der Waals surface area contributed by atoms with Crippen LogP contribution < -0.4 is 16.4 Å². The van der Waals surface area contributed by atoms with E-state index in [1.165, 1.54) is 0 Å². The molecule has 17 heavy (non-hydrogen) atoms. The van der Waals surface area contributed by atoms with Crippen LogP contribution in [0, 0.1) is 5.92 Å². The summed E-state index contributed by atoms with van der Waals surface area (Å²) in [6, 6.07) is -1.21. The van der Waals surface area contributed by atoms with Gasteiger partial charge in [-0.15, -0.1) is 0 Å². The summed E-state index contributed by atoms with van der Waals surface area (Å²) in [5, 5.41) is 5.15. The number of nitrogens with two attached hydrogens (primary N) is 1. The Labute approximate surface area is 100 Å². The van der Waals surface area contributed by atoms with E-state index in [0.29, 0.717) is 12.8 Å². The quantitative estimate of drug-likeness (QED) is 0.592. The first-order chi connectivity index (χ1) is 7.95. The zero-order valence-electron chi connectivity index (χ0n) is 10.2. The van der Waals surface area contributed by atoms with E-state index in [2.05, 4.69) is 10.6 Å². The van der Waals surface area contributed by atoms with Crippen molar-refractivity contribution in [2.24, 2.45) is 11.7 Å². The van der Waals surface area contributed by atoms with Crippen molar-refractivity contribution in [2.75, 3.05) is 0 Å². The Morgan fingerprint density at radius 2 is 2.24 bits per heavy atom. The smallest absolute Gasteiger partial charge is 0.243 e. The predicted octanol–water partition coefficient (Wildman–Crippen LogP) is -0.719. The average molecular weight is 241 g/mol. The van der Waals surface area contributed by atoms with E-state index in [-0.39, 0.29) is 17.7 Å². The van der Waals surface area contributed by atoms with Crippen LogP contribution >= 0.6 is 0 Å². The number of hydrogen-bond acceptors (Lipinski definition) is 3. The van der Waals surface area contributed by atoms with Gasteiger partial charge in [-0.25, -0.2) is 0 Å². The Balaban J connectivity index is 2.58. The molecule has 1 saturated heterocycles. The Morgan fingerprint density at radius 3 is 2.65 bits per heavy atom. The largest absolute Gasteiger partial charge is 0.368 e. The maximum Gasteiger partial charge on any atom is 0.243 e. The van der Waals surface area contributed by atoms with Crippen molar-refractivity contribution in [3.05, 3.63) is 0 Å². The van der Waals surface area contributed by atoms with E-state index in [9.17, 15) is 14.4 Å². The summed E-state index contributed by atoms with van der Waals surface area (Å²) in [6.45, 7) is 3.77. The number of amides is 3. The summed E-state index contributed by atoms with van der Waals surface area (Å²) >= 11 is 0. The molecule has 0 spiro atoms. The first-order valence-electron chi connectivity index (χ1n) is 5.84. The van der Waals surface area contributed by atoms with Gasteiger partial charge in [-0.3, -0.25) is 14.4 Å². The Kier molecular flexibility index (Phi) is 4.48. The number of primary amides is 1. The summed E-state index contributed by atoms with van der Waals surface area (Å²) in [5.41, 5.74) is 5.25. The second-order valence-corrected chi connectivity index (χ2v) is 4.43. The third-order valence-electron chi connectivity index (χ3n) is 3.13. The monoisotopic (exact) mass is 241 g/mol. The SMILES string of the molecule is CC[C@H](C)[C@H](NC(=O)[C@@H]1CCC(=O)N1)C(N)=O. The molecule has 3 atom stereocenters. The normalized spacial score (nSPS) is 22.7. The van der Waals surface area contributed by atoms with Gasteiger partial charge in [0, 0.05) is 6.42 Å². The van der Waals surface area contributed by atoms with Gasteiger partial charge in [0.15, 0.2) is 0 Å². The molecule has 1 aliphatic heterocycles. The Hall–Kier alpha value is -1.59. The summed E-state index contributed by atoms with van der Waals surface area (Å²) in [6.07, 6.45) is 1.56. The molecule has 0 aromatic rings. The van der Waals surface area contributed by atoms with E-state index in [0.717, 1.165) is 6.42 Å². The van der Waals surface area contributed by atoms with Crippen LogP contribution in [0.15, 0.2) is 0 Å². The molecule has 0 radical (unpaired) electrons. The van der Waals surface area contributed by atoms with Crippen molar-refractivity contribution in [1.82, 2.24) is 10.6 Å². The first-order valence-corrected chi connectivity index (χ1v) is 5.84. The third kappa shape index (κ3) is 3.44. The average Bonchev–Trinajstić information content (AvgIpc) is 2.71. The number of carbonyl (C=O) groups excluding carboxylic acids is 3. The highest BCUT2D eigenvalue weighted by Crippen LogP contribution is 2.10. The molecule has 6 nitrogen and oxygen atoms in total. The van der Waals surface area contributed by atoms with Gasteiger partial charge in [0.25, 0.3) is 0 Å². The second-order valence-electron chi connectivity index (χ2n) is 4.43. The van der Waals surface area contributed by atoms with Crippen LogP contribution in [0.5, 0.6) is 0 Å². The lowest BCUT2D eigenvalue weighted by Crippen LogP contribution is -2.53. The van der Waals surface area contributed by atoms with Crippen LogP contribution in [0.25, 0.3) is 0 Å². The fourth-order valence-electron chi connectivity index (χ4n) is 1.79. The standard InChI is InChI=1S/C11H19N3O3/c1-3-6(2)9(10(12)16)14-11(17)7-4-5-8(15)13-7/h6-7,9H,3-5H2,1-2H3,(H2,12,16)(H,13,15)(H,14,17)/t6-,7-,9-/m0/s1. The number of rotatable bonds is 5. The molecule has 0 bridgehead atoms. The molecular formula is C11H19N3O3. The van der Waals surface area contributed by atoms with Crippen LogP contribution in [0.1, 0.15) is 33.1 Å². The molecule has 3 amide bonds. The van der Waals surface area contributed by atoms with Crippen molar-refractivity contribution in [1.29, 1.82) is 0 Å². The molecule has 0 aromatic carbocycles. The van der Waals surface area contributed by atoms with Gasteiger partial charge in [-0.1, -0.05) is 20.3 Å². The van der Waals surface area contributed by atoms with Gasteiger partial charge in [-0.05, 0) is 12.3 Å². The molecule has 0 saturated carbocycles. The molecular weight excluding hydrogens is 222 g/mol. The van der Waals surface area contributed by atoms with E-state index < -0.39 is 18.0 Å². The zero-order chi connectivity index (χ0) is 13.0. The fraction of sp³-hybridized carbons (Fsp3) is 0.727. The molecule has 0 aliphatic carbocycles. The summed E-state index contributed by atoms with van der Waals surface area (Å²) < 4.78 is 0. The predicted molar refractivity (Wildman–Crippen MR) is 61.7 cm³/mol. The Morgan fingerprint density at radius 1 is 1.59 bits per heavy atom. The van der Waals surface area contributed by atoms with Crippen molar-refractivity contribution in [3.8, 4) is 0 Å². The minimum Gasteiger partial charge on any atom is -0.368 e. The highest BCUT2D eigenvalue weighted by atomic mass is 16.2. The third-order valence-corrected chi connectivity index (χ3v) is 3.13. The highest BCUT2D eigenvalue weighted by Gasteiger charge is 2.31. The van der Waals surface area contributed by atoms with Gasteiger partial charge >= 0.3 is 0 Å². The molecule has 1 heterocycles. The maximum absolute atomic E-state index is 11.8. The topological polar surface area (TPSA) is 101 Å². The van der Waals surface area contributed by atoms with E-state index >= 15 is 0 Å². The summed E-state index contributed by atoms with van der Waals surface area (Å²) in [5.74, 6) is -1.03. The minimum atomic E-state index is -0.676. The van der Waals surface area contributed by atoms with Gasteiger partial charge in [0.2, 0.25) is 17.7 Å². The van der Waals surface area contributed by atoms with Gasteiger partial charge in [0.05, 0.1) is 0 Å². The first kappa shape index (κ1) is 13.5. The number of hydrogen-bond donors (Lipinski definition) is 3. The molecule has 4 N–H and O–H groups in total. The molecule has 1 fully saturated rings. The number of nitrogens with one attached hydrogen (secondary N) is 2. The van der Waals surface area contributed by atoms with E-state index in [4.69, 9.17) is 5.73 Å². The lowest BCUT2D eigenvalue weighted by atomic mass is 9.98. The van der Waals surface area contributed by atoms with Crippen molar-refractivity contribution in [2.45, 2.75) is 45.2 Å². The molecule has 1 aliphatic rings. The van der Waals surface area contributed by atoms with Gasteiger partial charge in [-0.2, -0.15) is 0 Å². The highest BCUT2D eigenvalue weighted by molar-refractivity contribution is 5.93. The molecule has 0 unspecified atom stereocenters. The molecule has 1 rings (SSSR count). The van der Waals surface area contributed by atoms with Crippen LogP contribution in [0.4, 0.5) is 0 Å².